The third-order valence-electron chi connectivity index (χ3n) is 3.93. The molecule has 1 fully saturated rings. The molecule has 21 heavy (non-hydrogen) atoms. The summed E-state index contributed by atoms with van der Waals surface area (Å²) in [4.78, 5) is 3.05. The van der Waals surface area contributed by atoms with Crippen LogP contribution < -0.4 is 4.74 Å². The topological polar surface area (TPSA) is 32.8 Å². The van der Waals surface area contributed by atoms with Gasteiger partial charge in [0.15, 0.2) is 0 Å². The minimum atomic E-state index is -1.19. The first-order valence-electron chi connectivity index (χ1n) is 7.12. The number of hydrogen-bond acceptors (Lipinski definition) is 3. The Morgan fingerprint density at radius 3 is 2.48 bits per heavy atom. The van der Waals surface area contributed by atoms with E-state index >= 15 is 0 Å². The Balaban J connectivity index is 2.03. The molecular formula is C16H20N2O2S. The molecule has 0 aliphatic carbocycles. The Hall–Kier alpha value is -1.43. The van der Waals surface area contributed by atoms with E-state index in [2.05, 4.69) is 11.9 Å². The molecule has 0 bridgehead atoms. The third-order valence-corrected chi connectivity index (χ3v) is 5.54. The van der Waals surface area contributed by atoms with Crippen molar-refractivity contribution in [1.82, 2.24) is 9.21 Å². The highest BCUT2D eigenvalue weighted by Crippen LogP contribution is 2.32. The van der Waals surface area contributed by atoms with Crippen LogP contribution in [0.1, 0.15) is 0 Å². The molecule has 0 unspecified atom stereocenters. The van der Waals surface area contributed by atoms with Gasteiger partial charge in [0.05, 0.1) is 7.11 Å². The number of rotatable bonds is 3. The summed E-state index contributed by atoms with van der Waals surface area (Å²) in [6.07, 6.45) is 0. The Labute approximate surface area is 127 Å². The minimum absolute atomic E-state index is 0.700. The molecule has 1 atom stereocenters. The molecule has 1 aliphatic rings. The lowest BCUT2D eigenvalue weighted by Gasteiger charge is -2.31. The molecule has 0 amide bonds. The summed E-state index contributed by atoms with van der Waals surface area (Å²) in [5.41, 5.74) is 0. The summed E-state index contributed by atoms with van der Waals surface area (Å²) < 4.78 is 20.5. The first-order valence-corrected chi connectivity index (χ1v) is 8.22. The van der Waals surface area contributed by atoms with Crippen LogP contribution in [0.2, 0.25) is 0 Å². The lowest BCUT2D eigenvalue weighted by Crippen LogP contribution is -2.45. The second kappa shape index (κ2) is 6.13. The molecule has 0 N–H and O–H groups in total. The Kier molecular flexibility index (Phi) is 4.24. The predicted molar refractivity (Wildman–Crippen MR) is 86.0 cm³/mol. The molecule has 2 aromatic rings. The van der Waals surface area contributed by atoms with Crippen molar-refractivity contribution >= 4 is 21.8 Å². The van der Waals surface area contributed by atoms with Gasteiger partial charge < -0.3 is 9.64 Å². The van der Waals surface area contributed by atoms with Crippen LogP contribution in [0.25, 0.3) is 10.8 Å². The second-order valence-electron chi connectivity index (χ2n) is 5.30. The average Bonchev–Trinajstić information content (AvgIpc) is 2.53. The average molecular weight is 304 g/mol. The van der Waals surface area contributed by atoms with Crippen molar-refractivity contribution in [2.75, 3.05) is 40.3 Å². The molecule has 0 radical (unpaired) electrons. The quantitative estimate of drug-likeness (QED) is 0.871. The minimum Gasteiger partial charge on any atom is -0.495 e. The zero-order valence-electron chi connectivity index (χ0n) is 12.4. The largest absolute Gasteiger partial charge is 0.495 e. The number of ether oxygens (including phenoxy) is 1. The van der Waals surface area contributed by atoms with E-state index < -0.39 is 11.0 Å². The normalized spacial score (nSPS) is 18.8. The number of benzene rings is 2. The van der Waals surface area contributed by atoms with Crippen molar-refractivity contribution < 1.29 is 8.95 Å². The molecule has 0 spiro atoms. The number of piperazine rings is 1. The van der Waals surface area contributed by atoms with Crippen LogP contribution in [-0.2, 0) is 11.0 Å². The molecule has 1 heterocycles. The van der Waals surface area contributed by atoms with E-state index in [9.17, 15) is 4.21 Å². The van der Waals surface area contributed by atoms with Gasteiger partial charge in [0.2, 0.25) is 0 Å². The van der Waals surface area contributed by atoms with Crippen molar-refractivity contribution in [2.24, 2.45) is 0 Å². The van der Waals surface area contributed by atoms with Crippen LogP contribution in [0.3, 0.4) is 0 Å². The van der Waals surface area contributed by atoms with E-state index in [1.165, 1.54) is 0 Å². The second-order valence-corrected chi connectivity index (χ2v) is 6.72. The van der Waals surface area contributed by atoms with Crippen LogP contribution in [0, 0.1) is 0 Å². The summed E-state index contributed by atoms with van der Waals surface area (Å²) in [7, 11) is 2.54. The number of fused-ring (bicyclic) bond motifs is 1. The van der Waals surface area contributed by atoms with E-state index in [4.69, 9.17) is 4.74 Å². The van der Waals surface area contributed by atoms with Crippen LogP contribution in [-0.4, -0.2) is 53.8 Å². The van der Waals surface area contributed by atoms with Gasteiger partial charge in [0.25, 0.3) is 0 Å². The molecule has 5 heteroatoms. The summed E-state index contributed by atoms with van der Waals surface area (Å²) in [5, 5.41) is 2.10. The lowest BCUT2D eigenvalue weighted by molar-refractivity contribution is 0.228. The van der Waals surface area contributed by atoms with E-state index in [0.29, 0.717) is 5.75 Å². The van der Waals surface area contributed by atoms with E-state index in [-0.39, 0.29) is 0 Å². The van der Waals surface area contributed by atoms with Crippen molar-refractivity contribution in [2.45, 2.75) is 4.90 Å². The van der Waals surface area contributed by atoms with Crippen molar-refractivity contribution in [3.8, 4) is 5.75 Å². The molecular weight excluding hydrogens is 284 g/mol. The molecule has 1 saturated heterocycles. The molecule has 0 saturated carbocycles. The number of likely N-dealkylation sites (N-methyl/N-ethyl adjacent to an activating group) is 1. The van der Waals surface area contributed by atoms with E-state index in [1.807, 2.05) is 40.7 Å². The smallest absolute Gasteiger partial charge is 0.137 e. The van der Waals surface area contributed by atoms with Gasteiger partial charge in [-0.3, -0.25) is 0 Å². The first kappa shape index (κ1) is 14.5. The fourth-order valence-corrected chi connectivity index (χ4v) is 4.10. The first-order chi connectivity index (χ1) is 10.2. The lowest BCUT2D eigenvalue weighted by atomic mass is 10.1. The molecule has 112 valence electrons. The standard InChI is InChI=1S/C16H20N2O2S/c1-17-9-11-18(12-10-17)21(19)16-14-6-4-3-5-13(14)7-8-15(16)20-2/h3-8H,9-12H2,1-2H3/t21-/m0/s1. The summed E-state index contributed by atoms with van der Waals surface area (Å²) >= 11 is 0. The van der Waals surface area contributed by atoms with Crippen LogP contribution in [0.4, 0.5) is 0 Å². The highest BCUT2D eigenvalue weighted by molar-refractivity contribution is 7.83. The van der Waals surface area contributed by atoms with Gasteiger partial charge >= 0.3 is 0 Å². The Morgan fingerprint density at radius 2 is 1.76 bits per heavy atom. The fraction of sp³-hybridized carbons (Fsp3) is 0.375. The van der Waals surface area contributed by atoms with Gasteiger partial charge in [0.1, 0.15) is 21.6 Å². The van der Waals surface area contributed by atoms with Gasteiger partial charge in [-0.15, -0.1) is 0 Å². The fourth-order valence-electron chi connectivity index (χ4n) is 2.65. The third kappa shape index (κ3) is 2.81. The Morgan fingerprint density at radius 1 is 1.05 bits per heavy atom. The monoisotopic (exact) mass is 304 g/mol. The van der Waals surface area contributed by atoms with Gasteiger partial charge in [-0.05, 0) is 18.5 Å². The Bertz CT molecular complexity index is 666. The van der Waals surface area contributed by atoms with Gasteiger partial charge in [0, 0.05) is 31.6 Å². The summed E-state index contributed by atoms with van der Waals surface area (Å²) in [6.45, 7) is 3.52. The highest BCUT2D eigenvalue weighted by Gasteiger charge is 2.24. The van der Waals surface area contributed by atoms with Crippen molar-refractivity contribution in [3.63, 3.8) is 0 Å². The maximum absolute atomic E-state index is 13.0. The van der Waals surface area contributed by atoms with Crippen molar-refractivity contribution in [3.05, 3.63) is 36.4 Å². The zero-order valence-corrected chi connectivity index (χ0v) is 13.2. The van der Waals surface area contributed by atoms with Crippen LogP contribution in [0.5, 0.6) is 5.75 Å². The van der Waals surface area contributed by atoms with Crippen LogP contribution >= 0.6 is 0 Å². The SMILES string of the molecule is COc1ccc2ccccc2c1[S@](=O)N1CCN(C)CC1. The zero-order chi connectivity index (χ0) is 14.8. The molecule has 1 aliphatic heterocycles. The van der Waals surface area contributed by atoms with Crippen LogP contribution in [0.15, 0.2) is 41.3 Å². The molecule has 4 nitrogen and oxygen atoms in total. The van der Waals surface area contributed by atoms with Crippen molar-refractivity contribution in [1.29, 1.82) is 0 Å². The maximum atomic E-state index is 13.0. The highest BCUT2D eigenvalue weighted by atomic mass is 32.2. The van der Waals surface area contributed by atoms with Gasteiger partial charge in [-0.2, -0.15) is 0 Å². The summed E-state index contributed by atoms with van der Waals surface area (Å²) in [5.74, 6) is 0.700. The molecule has 0 aromatic heterocycles. The molecule has 3 rings (SSSR count). The number of methoxy groups -OCH3 is 1. The predicted octanol–water partition coefficient (Wildman–Crippen LogP) is 2.12. The molecule has 2 aromatic carbocycles. The number of nitrogens with zero attached hydrogens (tertiary/aromatic N) is 2. The number of hydrogen-bond donors (Lipinski definition) is 0. The van der Waals surface area contributed by atoms with E-state index in [0.717, 1.165) is 41.8 Å². The van der Waals surface area contributed by atoms with Gasteiger partial charge in [-0.1, -0.05) is 30.3 Å². The van der Waals surface area contributed by atoms with Gasteiger partial charge in [-0.25, -0.2) is 8.51 Å². The summed E-state index contributed by atoms with van der Waals surface area (Å²) in [6, 6.07) is 12.0. The van der Waals surface area contributed by atoms with E-state index in [1.54, 1.807) is 7.11 Å². The maximum Gasteiger partial charge on any atom is 0.137 e.